The van der Waals surface area contributed by atoms with Crippen LogP contribution in [-0.2, 0) is 5.41 Å². The van der Waals surface area contributed by atoms with Crippen molar-refractivity contribution in [1.82, 2.24) is 0 Å². The van der Waals surface area contributed by atoms with Crippen molar-refractivity contribution < 1.29 is 9.47 Å². The second kappa shape index (κ2) is 15.0. The van der Waals surface area contributed by atoms with Crippen molar-refractivity contribution in [3.63, 3.8) is 0 Å². The molecular formula is C61H39NO2S. The lowest BCUT2D eigenvalue weighted by Crippen LogP contribution is -2.28. The summed E-state index contributed by atoms with van der Waals surface area (Å²) in [6, 6.07) is 84.7. The molecule has 0 N–H and O–H groups in total. The second-order valence-corrected chi connectivity index (χ2v) is 17.8. The van der Waals surface area contributed by atoms with Crippen molar-refractivity contribution in [2.24, 2.45) is 0 Å². The Morgan fingerprint density at radius 2 is 0.985 bits per heavy atom. The molecule has 11 aromatic rings. The molecule has 0 saturated carbocycles. The van der Waals surface area contributed by atoms with Crippen LogP contribution in [-0.4, -0.2) is 0 Å². The van der Waals surface area contributed by atoms with Crippen molar-refractivity contribution in [3.05, 3.63) is 259 Å². The summed E-state index contributed by atoms with van der Waals surface area (Å²) >= 11 is 1.85. The van der Waals surface area contributed by atoms with E-state index in [0.717, 1.165) is 45.1 Å². The molecule has 1 aliphatic carbocycles. The zero-order chi connectivity index (χ0) is 42.9. The smallest absolute Gasteiger partial charge is 0.178 e. The zero-order valence-corrected chi connectivity index (χ0v) is 36.0. The van der Waals surface area contributed by atoms with Crippen LogP contribution < -0.4 is 14.4 Å². The largest absolute Gasteiger partial charge is 0.449 e. The van der Waals surface area contributed by atoms with Gasteiger partial charge in [-0.15, -0.1) is 11.3 Å². The molecule has 1 aromatic heterocycles. The number of nitrogens with zero attached hydrogens (tertiary/aromatic N) is 1. The van der Waals surface area contributed by atoms with Crippen LogP contribution >= 0.6 is 11.3 Å². The molecule has 3 nitrogen and oxygen atoms in total. The van der Waals surface area contributed by atoms with Crippen LogP contribution in [0, 0.1) is 0 Å². The highest BCUT2D eigenvalue weighted by Gasteiger charge is 2.48. The van der Waals surface area contributed by atoms with E-state index < -0.39 is 5.41 Å². The maximum atomic E-state index is 7.05. The van der Waals surface area contributed by atoms with E-state index in [1.54, 1.807) is 0 Å². The Hall–Kier alpha value is -8.18. The molecule has 2 heterocycles. The zero-order valence-electron chi connectivity index (χ0n) is 35.2. The fourth-order valence-electron chi connectivity index (χ4n) is 10.4. The fraction of sp³-hybridized carbons (Fsp3) is 0.0164. The highest BCUT2D eigenvalue weighted by Crippen LogP contribution is 2.62. The highest BCUT2D eigenvalue weighted by atomic mass is 32.1. The predicted molar refractivity (Wildman–Crippen MR) is 269 cm³/mol. The SMILES string of the molecule is c1ccc(-c2cccc(N(c3ccc(-c4cccc5sc6ccccc6c45)cc3)c3ccc4c(c3)Oc3ccc5c(c3O4)-c3ccccc3C5(c3ccccc3)c3ccccc3)c2)cc1. The van der Waals surface area contributed by atoms with Gasteiger partial charge in [-0.05, 0) is 105 Å². The molecule has 65 heavy (non-hydrogen) atoms. The van der Waals surface area contributed by atoms with Gasteiger partial charge in [0.15, 0.2) is 23.0 Å². The molecule has 4 heteroatoms. The standard InChI is InChI=1S/C61H39NO2S/c1-4-16-40(17-5-1)42-18-14-23-46(38-42)62(45-32-30-41(31-33-45)48-26-15-29-57-58(48)50-25-11-13-28-56(50)65-57)47-34-36-53-55(39-47)63-54-37-35-52-59(60(54)64-53)49-24-10-12-27-51(49)61(52,43-19-6-2-7-20-43)44-21-8-3-9-22-44/h1-39H. The van der Waals surface area contributed by atoms with E-state index >= 15 is 0 Å². The van der Waals surface area contributed by atoms with E-state index in [1.165, 1.54) is 53.6 Å². The number of rotatable bonds is 7. The molecule has 0 spiro atoms. The number of benzene rings is 10. The van der Waals surface area contributed by atoms with Crippen LogP contribution in [0.2, 0.25) is 0 Å². The third-order valence-corrected chi connectivity index (χ3v) is 14.3. The Morgan fingerprint density at radius 1 is 0.369 bits per heavy atom. The molecule has 1 aliphatic heterocycles. The lowest BCUT2D eigenvalue weighted by molar-refractivity contribution is 0.360. The quantitative estimate of drug-likeness (QED) is 0.159. The van der Waals surface area contributed by atoms with Crippen molar-refractivity contribution in [3.8, 4) is 56.4 Å². The first-order chi connectivity index (χ1) is 32.2. The summed E-state index contributed by atoms with van der Waals surface area (Å²) in [6.45, 7) is 0. The van der Waals surface area contributed by atoms with Gasteiger partial charge in [-0.2, -0.15) is 0 Å². The molecule has 0 amide bonds. The molecule has 0 fully saturated rings. The summed E-state index contributed by atoms with van der Waals surface area (Å²) in [7, 11) is 0. The van der Waals surface area contributed by atoms with Crippen molar-refractivity contribution in [2.45, 2.75) is 5.41 Å². The summed E-state index contributed by atoms with van der Waals surface area (Å²) in [6.07, 6.45) is 0. The summed E-state index contributed by atoms with van der Waals surface area (Å²) in [5.74, 6) is 2.77. The van der Waals surface area contributed by atoms with E-state index in [-0.39, 0.29) is 0 Å². The lowest BCUT2D eigenvalue weighted by Gasteiger charge is -2.34. The molecule has 0 radical (unpaired) electrons. The molecule has 10 aromatic carbocycles. The van der Waals surface area contributed by atoms with Gasteiger partial charge < -0.3 is 14.4 Å². The van der Waals surface area contributed by atoms with E-state index in [0.29, 0.717) is 17.2 Å². The predicted octanol–water partition coefficient (Wildman–Crippen LogP) is 17.1. The normalized spacial score (nSPS) is 13.0. The Labute approximate surface area is 381 Å². The summed E-state index contributed by atoms with van der Waals surface area (Å²) in [4.78, 5) is 2.31. The van der Waals surface area contributed by atoms with Gasteiger partial charge in [-0.25, -0.2) is 0 Å². The number of anilines is 3. The number of ether oxygens (including phenoxy) is 2. The van der Waals surface area contributed by atoms with E-state index in [2.05, 4.69) is 241 Å². The first-order valence-electron chi connectivity index (χ1n) is 22.1. The van der Waals surface area contributed by atoms with Gasteiger partial charge in [-0.1, -0.05) is 176 Å². The average molecular weight is 850 g/mol. The van der Waals surface area contributed by atoms with Gasteiger partial charge in [0.05, 0.1) is 11.1 Å². The van der Waals surface area contributed by atoms with Crippen LogP contribution in [0.15, 0.2) is 237 Å². The Kier molecular flexibility index (Phi) is 8.62. The van der Waals surface area contributed by atoms with Gasteiger partial charge in [0, 0.05) is 43.2 Å². The first kappa shape index (κ1) is 37.4. The van der Waals surface area contributed by atoms with Crippen molar-refractivity contribution in [1.29, 1.82) is 0 Å². The van der Waals surface area contributed by atoms with Crippen molar-refractivity contribution in [2.75, 3.05) is 4.90 Å². The Morgan fingerprint density at radius 3 is 1.78 bits per heavy atom. The second-order valence-electron chi connectivity index (χ2n) is 16.8. The highest BCUT2D eigenvalue weighted by molar-refractivity contribution is 7.25. The summed E-state index contributed by atoms with van der Waals surface area (Å²) < 4.78 is 16.6. The third kappa shape index (κ3) is 5.88. The fourth-order valence-corrected chi connectivity index (χ4v) is 11.5. The molecule has 0 bridgehead atoms. The van der Waals surface area contributed by atoms with E-state index in [4.69, 9.17) is 9.47 Å². The van der Waals surface area contributed by atoms with Crippen LogP contribution in [0.25, 0.3) is 53.6 Å². The minimum Gasteiger partial charge on any atom is -0.449 e. The maximum Gasteiger partial charge on any atom is 0.178 e. The number of fused-ring (bicyclic) bond motifs is 9. The van der Waals surface area contributed by atoms with Crippen molar-refractivity contribution >= 4 is 48.6 Å². The minimum atomic E-state index is -0.536. The first-order valence-corrected chi connectivity index (χ1v) is 22.9. The Bertz CT molecular complexity index is 3560. The van der Waals surface area contributed by atoms with Gasteiger partial charge in [0.1, 0.15) is 0 Å². The van der Waals surface area contributed by atoms with E-state index in [1.807, 2.05) is 11.3 Å². The van der Waals surface area contributed by atoms with Crippen LogP contribution in [0.3, 0.4) is 0 Å². The molecule has 13 rings (SSSR count). The van der Waals surface area contributed by atoms with Gasteiger partial charge in [0.25, 0.3) is 0 Å². The van der Waals surface area contributed by atoms with Crippen LogP contribution in [0.4, 0.5) is 17.1 Å². The maximum absolute atomic E-state index is 7.05. The lowest BCUT2D eigenvalue weighted by atomic mass is 9.68. The topological polar surface area (TPSA) is 21.7 Å². The number of hydrogen-bond acceptors (Lipinski definition) is 4. The number of thiophene rings is 1. The van der Waals surface area contributed by atoms with E-state index in [9.17, 15) is 0 Å². The monoisotopic (exact) mass is 849 g/mol. The minimum absolute atomic E-state index is 0.536. The molecule has 0 atom stereocenters. The van der Waals surface area contributed by atoms with Gasteiger partial charge in [-0.3, -0.25) is 0 Å². The number of hydrogen-bond donors (Lipinski definition) is 0. The molecular weight excluding hydrogens is 811 g/mol. The third-order valence-electron chi connectivity index (χ3n) is 13.2. The molecule has 0 unspecified atom stereocenters. The molecule has 306 valence electrons. The summed E-state index contributed by atoms with van der Waals surface area (Å²) in [5.41, 5.74) is 14.2. The Balaban J connectivity index is 0.926. The van der Waals surface area contributed by atoms with Gasteiger partial charge in [0.2, 0.25) is 0 Å². The summed E-state index contributed by atoms with van der Waals surface area (Å²) in [5, 5.41) is 2.60. The average Bonchev–Trinajstić information content (AvgIpc) is 3.91. The van der Waals surface area contributed by atoms with Gasteiger partial charge >= 0.3 is 0 Å². The molecule has 2 aliphatic rings. The van der Waals surface area contributed by atoms with Crippen LogP contribution in [0.1, 0.15) is 22.3 Å². The van der Waals surface area contributed by atoms with Crippen LogP contribution in [0.5, 0.6) is 23.0 Å². The molecule has 0 saturated heterocycles.